The summed E-state index contributed by atoms with van der Waals surface area (Å²) < 4.78 is 10.7. The number of carbonyl (C=O) groups is 3. The second kappa shape index (κ2) is 8.16. The van der Waals surface area contributed by atoms with Gasteiger partial charge in [0.1, 0.15) is 17.3 Å². The number of hydrogen-bond donors (Lipinski definition) is 2. The van der Waals surface area contributed by atoms with Crippen LogP contribution < -0.4 is 20.5 Å². The predicted octanol–water partition coefficient (Wildman–Crippen LogP) is 2.11. The molecule has 28 heavy (non-hydrogen) atoms. The fourth-order valence-electron chi connectivity index (χ4n) is 3.17. The normalized spacial score (nSPS) is 16.2. The van der Waals surface area contributed by atoms with E-state index in [4.69, 9.17) is 9.15 Å². The van der Waals surface area contributed by atoms with E-state index < -0.39 is 17.7 Å². The molecule has 2 heterocycles. The monoisotopic (exact) mass is 385 g/mol. The summed E-state index contributed by atoms with van der Waals surface area (Å²) in [4.78, 5) is 38.4. The molecule has 0 spiro atoms. The van der Waals surface area contributed by atoms with Gasteiger partial charge in [-0.1, -0.05) is 0 Å². The number of nitrogens with zero attached hydrogens (tertiary/aromatic N) is 1. The van der Waals surface area contributed by atoms with Gasteiger partial charge in [-0.15, -0.1) is 0 Å². The number of hydrazine groups is 1. The molecule has 8 nitrogen and oxygen atoms in total. The maximum absolute atomic E-state index is 12.4. The first-order valence-electron chi connectivity index (χ1n) is 9.09. The number of aryl methyl sites for hydroxylation is 2. The highest BCUT2D eigenvalue weighted by Gasteiger charge is 2.35. The molecule has 1 fully saturated rings. The van der Waals surface area contributed by atoms with Crippen molar-refractivity contribution in [1.29, 1.82) is 0 Å². The Morgan fingerprint density at radius 3 is 2.54 bits per heavy atom. The third-order valence-corrected chi connectivity index (χ3v) is 4.54. The Morgan fingerprint density at radius 2 is 1.93 bits per heavy atom. The molecule has 1 aliphatic heterocycles. The van der Waals surface area contributed by atoms with Crippen LogP contribution in [0.2, 0.25) is 0 Å². The minimum Gasteiger partial charge on any atom is -0.494 e. The summed E-state index contributed by atoms with van der Waals surface area (Å²) in [7, 11) is 0. The lowest BCUT2D eigenvalue weighted by Crippen LogP contribution is -2.45. The molecular formula is C20H23N3O5. The maximum Gasteiger partial charge on any atom is 0.273 e. The molecule has 0 bridgehead atoms. The van der Waals surface area contributed by atoms with Crippen molar-refractivity contribution in [2.24, 2.45) is 5.92 Å². The number of rotatable bonds is 5. The SMILES string of the molecule is CCOc1ccc(N2C[C@@H](C(=O)NNC(=O)c3cc(C)oc3C)CC2=O)cc1. The van der Waals surface area contributed by atoms with Gasteiger partial charge in [-0.3, -0.25) is 25.2 Å². The lowest BCUT2D eigenvalue weighted by molar-refractivity contribution is -0.126. The van der Waals surface area contributed by atoms with Gasteiger partial charge in [0, 0.05) is 18.7 Å². The number of benzene rings is 1. The summed E-state index contributed by atoms with van der Waals surface area (Å²) in [6, 6.07) is 8.75. The lowest BCUT2D eigenvalue weighted by Gasteiger charge is -2.17. The van der Waals surface area contributed by atoms with Crippen molar-refractivity contribution in [2.75, 3.05) is 18.1 Å². The second-order valence-corrected chi connectivity index (χ2v) is 6.60. The maximum atomic E-state index is 12.4. The second-order valence-electron chi connectivity index (χ2n) is 6.60. The fourth-order valence-corrected chi connectivity index (χ4v) is 3.17. The molecular weight excluding hydrogens is 362 g/mol. The van der Waals surface area contributed by atoms with Gasteiger partial charge in [-0.05, 0) is 51.1 Å². The van der Waals surface area contributed by atoms with Crippen LogP contribution in [0.15, 0.2) is 34.7 Å². The van der Waals surface area contributed by atoms with Crippen molar-refractivity contribution in [3.63, 3.8) is 0 Å². The van der Waals surface area contributed by atoms with E-state index in [9.17, 15) is 14.4 Å². The molecule has 0 unspecified atom stereocenters. The summed E-state index contributed by atoms with van der Waals surface area (Å²) in [5.41, 5.74) is 5.84. The van der Waals surface area contributed by atoms with E-state index in [0.717, 1.165) is 5.75 Å². The largest absolute Gasteiger partial charge is 0.494 e. The lowest BCUT2D eigenvalue weighted by atomic mass is 10.1. The molecule has 2 aromatic rings. The van der Waals surface area contributed by atoms with Gasteiger partial charge in [0.05, 0.1) is 18.1 Å². The van der Waals surface area contributed by atoms with Crippen LogP contribution in [-0.2, 0) is 9.59 Å². The fraction of sp³-hybridized carbons (Fsp3) is 0.350. The van der Waals surface area contributed by atoms with Crippen molar-refractivity contribution in [2.45, 2.75) is 27.2 Å². The molecule has 2 N–H and O–H groups in total. The van der Waals surface area contributed by atoms with Crippen LogP contribution >= 0.6 is 0 Å². The Hall–Kier alpha value is -3.29. The van der Waals surface area contributed by atoms with Gasteiger partial charge in [0.2, 0.25) is 11.8 Å². The zero-order chi connectivity index (χ0) is 20.3. The van der Waals surface area contributed by atoms with E-state index in [-0.39, 0.29) is 18.9 Å². The zero-order valence-corrected chi connectivity index (χ0v) is 16.1. The minimum absolute atomic E-state index is 0.0821. The third-order valence-electron chi connectivity index (χ3n) is 4.54. The number of amides is 3. The summed E-state index contributed by atoms with van der Waals surface area (Å²) in [5.74, 6) is 0.245. The molecule has 3 rings (SSSR count). The zero-order valence-electron chi connectivity index (χ0n) is 16.1. The Morgan fingerprint density at radius 1 is 1.21 bits per heavy atom. The topological polar surface area (TPSA) is 101 Å². The van der Waals surface area contributed by atoms with Gasteiger partial charge in [0.25, 0.3) is 5.91 Å². The Labute approximate surface area is 162 Å². The summed E-state index contributed by atoms with van der Waals surface area (Å²) in [5, 5.41) is 0. The number of ether oxygens (including phenoxy) is 1. The summed E-state index contributed by atoms with van der Waals surface area (Å²) in [6.07, 6.45) is 0.0821. The number of anilines is 1. The molecule has 1 aromatic carbocycles. The van der Waals surface area contributed by atoms with Crippen LogP contribution in [0.1, 0.15) is 35.2 Å². The van der Waals surface area contributed by atoms with Crippen LogP contribution in [0.3, 0.4) is 0 Å². The van der Waals surface area contributed by atoms with E-state index in [1.807, 2.05) is 6.92 Å². The van der Waals surface area contributed by atoms with Crippen molar-refractivity contribution < 1.29 is 23.5 Å². The predicted molar refractivity (Wildman–Crippen MR) is 102 cm³/mol. The number of carbonyl (C=O) groups excluding carboxylic acids is 3. The van der Waals surface area contributed by atoms with Crippen molar-refractivity contribution in [3.8, 4) is 5.75 Å². The van der Waals surface area contributed by atoms with E-state index in [2.05, 4.69) is 10.9 Å². The Kier molecular flexibility index (Phi) is 5.67. The molecule has 0 saturated carbocycles. The molecule has 0 aliphatic carbocycles. The quantitative estimate of drug-likeness (QED) is 0.768. The van der Waals surface area contributed by atoms with Crippen LogP contribution in [0.25, 0.3) is 0 Å². The summed E-state index contributed by atoms with van der Waals surface area (Å²) >= 11 is 0. The van der Waals surface area contributed by atoms with Gasteiger partial charge in [0.15, 0.2) is 0 Å². The molecule has 0 radical (unpaired) electrons. The standard InChI is InChI=1S/C20H23N3O5/c1-4-27-16-7-5-15(6-8-16)23-11-14(10-18(23)24)19(25)21-22-20(26)17-9-12(2)28-13(17)3/h5-9,14H,4,10-11H2,1-3H3,(H,21,25)(H,22,26)/t14-/m0/s1. The molecule has 1 atom stereocenters. The first-order chi connectivity index (χ1) is 13.4. The Bertz CT molecular complexity index is 888. The van der Waals surface area contributed by atoms with E-state index >= 15 is 0 Å². The molecule has 8 heteroatoms. The van der Waals surface area contributed by atoms with Gasteiger partial charge in [-0.2, -0.15) is 0 Å². The first-order valence-corrected chi connectivity index (χ1v) is 9.09. The van der Waals surface area contributed by atoms with Crippen LogP contribution in [0.4, 0.5) is 5.69 Å². The highest BCUT2D eigenvalue weighted by Crippen LogP contribution is 2.27. The first kappa shape index (κ1) is 19.5. The number of hydrogen-bond acceptors (Lipinski definition) is 5. The molecule has 1 aromatic heterocycles. The van der Waals surface area contributed by atoms with E-state index in [1.165, 1.54) is 0 Å². The van der Waals surface area contributed by atoms with Crippen molar-refractivity contribution in [3.05, 3.63) is 47.4 Å². The molecule has 1 aliphatic rings. The van der Waals surface area contributed by atoms with Crippen LogP contribution in [-0.4, -0.2) is 30.9 Å². The van der Waals surface area contributed by atoms with Crippen molar-refractivity contribution >= 4 is 23.4 Å². The smallest absolute Gasteiger partial charge is 0.273 e. The van der Waals surface area contributed by atoms with Crippen LogP contribution in [0.5, 0.6) is 5.75 Å². The average Bonchev–Trinajstić information content (AvgIpc) is 3.22. The average molecular weight is 385 g/mol. The molecule has 1 saturated heterocycles. The molecule has 148 valence electrons. The highest BCUT2D eigenvalue weighted by molar-refractivity contribution is 6.01. The van der Waals surface area contributed by atoms with Crippen molar-refractivity contribution in [1.82, 2.24) is 10.9 Å². The Balaban J connectivity index is 1.57. The van der Waals surface area contributed by atoms with Gasteiger partial charge < -0.3 is 14.1 Å². The molecule has 3 amide bonds. The number of nitrogens with one attached hydrogen (secondary N) is 2. The van der Waals surface area contributed by atoms with E-state index in [0.29, 0.717) is 29.4 Å². The highest BCUT2D eigenvalue weighted by atomic mass is 16.5. The third kappa shape index (κ3) is 4.16. The summed E-state index contributed by atoms with van der Waals surface area (Å²) in [6.45, 7) is 6.12. The minimum atomic E-state index is -0.549. The van der Waals surface area contributed by atoms with Crippen LogP contribution in [0, 0.1) is 19.8 Å². The van der Waals surface area contributed by atoms with E-state index in [1.54, 1.807) is 49.1 Å². The van der Waals surface area contributed by atoms with Gasteiger partial charge in [-0.25, -0.2) is 0 Å². The number of furan rings is 1. The van der Waals surface area contributed by atoms with Gasteiger partial charge >= 0.3 is 0 Å².